The highest BCUT2D eigenvalue weighted by atomic mass is 32.2. The molecule has 0 bridgehead atoms. The van der Waals surface area contributed by atoms with Crippen molar-refractivity contribution in [3.63, 3.8) is 0 Å². The normalized spacial score (nSPS) is 16.0. The van der Waals surface area contributed by atoms with Crippen LogP contribution in [-0.2, 0) is 14.3 Å². The predicted octanol–water partition coefficient (Wildman–Crippen LogP) is 4.11. The number of nitriles is 1. The molecule has 148 valence electrons. The van der Waals surface area contributed by atoms with E-state index < -0.39 is 11.9 Å². The summed E-state index contributed by atoms with van der Waals surface area (Å²) in [5.41, 5.74) is 1.23. The van der Waals surface area contributed by atoms with Crippen LogP contribution in [0.5, 0.6) is 11.5 Å². The first-order valence-corrected chi connectivity index (χ1v) is 10.1. The summed E-state index contributed by atoms with van der Waals surface area (Å²) in [6.45, 7) is 2.01. The summed E-state index contributed by atoms with van der Waals surface area (Å²) in [6, 6.07) is 18.9. The summed E-state index contributed by atoms with van der Waals surface area (Å²) in [6.07, 6.45) is 0.154. The standard InChI is InChI=1S/C22H20N2O4S/c1-2-27-21(26)14-29-22-19(13-23)18(12-20(25)24-22)15-7-6-10-17(11-15)28-16-8-4-3-5-9-16/h3-11,18H,2,12,14H2,1H3,(H,24,25)/t18-/m1/s1. The second-order valence-corrected chi connectivity index (χ2v) is 7.23. The van der Waals surface area contributed by atoms with E-state index in [2.05, 4.69) is 11.4 Å². The molecule has 0 saturated carbocycles. The summed E-state index contributed by atoms with van der Waals surface area (Å²) in [7, 11) is 0. The molecule has 1 aliphatic rings. The van der Waals surface area contributed by atoms with Crippen LogP contribution in [0.1, 0.15) is 24.8 Å². The zero-order chi connectivity index (χ0) is 20.6. The van der Waals surface area contributed by atoms with Crippen LogP contribution in [-0.4, -0.2) is 24.2 Å². The molecule has 0 spiro atoms. The van der Waals surface area contributed by atoms with Gasteiger partial charge in [0.15, 0.2) is 0 Å². The van der Waals surface area contributed by atoms with Crippen molar-refractivity contribution in [2.45, 2.75) is 19.3 Å². The lowest BCUT2D eigenvalue weighted by Gasteiger charge is -2.25. The maximum atomic E-state index is 12.2. The summed E-state index contributed by atoms with van der Waals surface area (Å²) in [5.74, 6) is 0.355. The Labute approximate surface area is 173 Å². The molecule has 29 heavy (non-hydrogen) atoms. The predicted molar refractivity (Wildman–Crippen MR) is 110 cm³/mol. The molecule has 1 aliphatic heterocycles. The van der Waals surface area contributed by atoms with Crippen molar-refractivity contribution in [2.24, 2.45) is 0 Å². The quantitative estimate of drug-likeness (QED) is 0.694. The molecule has 0 aromatic heterocycles. The van der Waals surface area contributed by atoms with E-state index in [9.17, 15) is 14.9 Å². The van der Waals surface area contributed by atoms with Gasteiger partial charge in [-0.25, -0.2) is 0 Å². The Morgan fingerprint density at radius 1 is 1.21 bits per heavy atom. The number of nitrogens with zero attached hydrogens (tertiary/aromatic N) is 1. The van der Waals surface area contributed by atoms with E-state index in [0.717, 1.165) is 17.3 Å². The summed E-state index contributed by atoms with van der Waals surface area (Å²) < 4.78 is 10.8. The van der Waals surface area contributed by atoms with Crippen molar-refractivity contribution in [3.8, 4) is 17.6 Å². The maximum absolute atomic E-state index is 12.2. The lowest BCUT2D eigenvalue weighted by Crippen LogP contribution is -2.31. The van der Waals surface area contributed by atoms with E-state index in [1.807, 2.05) is 54.6 Å². The second-order valence-electron chi connectivity index (χ2n) is 6.24. The summed E-state index contributed by atoms with van der Waals surface area (Å²) >= 11 is 1.11. The molecule has 1 amide bonds. The fraction of sp³-hybridized carbons (Fsp3) is 0.227. The second kappa shape index (κ2) is 9.80. The Balaban J connectivity index is 1.85. The minimum atomic E-state index is -0.405. The van der Waals surface area contributed by atoms with Gasteiger partial charge in [0.05, 0.1) is 29.0 Å². The number of amides is 1. The molecule has 0 aliphatic carbocycles. The minimum absolute atomic E-state index is 0.0263. The average molecular weight is 408 g/mol. The molecule has 2 aromatic rings. The van der Waals surface area contributed by atoms with Gasteiger partial charge >= 0.3 is 5.97 Å². The maximum Gasteiger partial charge on any atom is 0.316 e. The number of allylic oxidation sites excluding steroid dienone is 1. The minimum Gasteiger partial charge on any atom is -0.465 e. The van der Waals surface area contributed by atoms with Crippen molar-refractivity contribution in [1.29, 1.82) is 5.26 Å². The van der Waals surface area contributed by atoms with Crippen molar-refractivity contribution < 1.29 is 19.1 Å². The van der Waals surface area contributed by atoms with Crippen molar-refractivity contribution >= 4 is 23.6 Å². The van der Waals surface area contributed by atoms with Crippen LogP contribution in [0.15, 0.2) is 65.2 Å². The first-order valence-electron chi connectivity index (χ1n) is 9.16. The fourth-order valence-corrected chi connectivity index (χ4v) is 3.85. The Kier molecular flexibility index (Phi) is 6.93. The summed E-state index contributed by atoms with van der Waals surface area (Å²) in [5, 5.41) is 12.8. The summed E-state index contributed by atoms with van der Waals surface area (Å²) in [4.78, 5) is 23.9. The highest BCUT2D eigenvalue weighted by Crippen LogP contribution is 2.37. The van der Waals surface area contributed by atoms with E-state index >= 15 is 0 Å². The van der Waals surface area contributed by atoms with Crippen LogP contribution < -0.4 is 10.1 Å². The molecule has 0 fully saturated rings. The third-order valence-electron chi connectivity index (χ3n) is 4.24. The third-order valence-corrected chi connectivity index (χ3v) is 5.23. The Morgan fingerprint density at radius 2 is 1.97 bits per heavy atom. The largest absolute Gasteiger partial charge is 0.465 e. The Bertz CT molecular complexity index is 966. The van der Waals surface area contributed by atoms with E-state index in [1.165, 1.54) is 0 Å². The molecular weight excluding hydrogens is 388 g/mol. The van der Waals surface area contributed by atoms with Gasteiger partial charge in [-0.1, -0.05) is 42.1 Å². The number of ether oxygens (including phenoxy) is 2. The molecule has 6 nitrogen and oxygen atoms in total. The molecule has 1 heterocycles. The van der Waals surface area contributed by atoms with Gasteiger partial charge in [-0.3, -0.25) is 9.59 Å². The highest BCUT2D eigenvalue weighted by Gasteiger charge is 2.30. The topological polar surface area (TPSA) is 88.4 Å². The molecule has 7 heteroatoms. The number of hydrogen-bond acceptors (Lipinski definition) is 6. The third kappa shape index (κ3) is 5.39. The molecule has 3 rings (SSSR count). The van der Waals surface area contributed by atoms with Crippen LogP contribution in [0.2, 0.25) is 0 Å². The van der Waals surface area contributed by atoms with Crippen LogP contribution in [0, 0.1) is 11.3 Å². The smallest absolute Gasteiger partial charge is 0.316 e. The van der Waals surface area contributed by atoms with E-state index in [4.69, 9.17) is 9.47 Å². The monoisotopic (exact) mass is 408 g/mol. The first-order chi connectivity index (χ1) is 14.1. The number of carbonyl (C=O) groups excluding carboxylic acids is 2. The van der Waals surface area contributed by atoms with E-state index in [-0.39, 0.29) is 24.7 Å². The number of hydrogen-bond donors (Lipinski definition) is 1. The first kappa shape index (κ1) is 20.5. The highest BCUT2D eigenvalue weighted by molar-refractivity contribution is 8.03. The van der Waals surface area contributed by atoms with Crippen molar-refractivity contribution in [1.82, 2.24) is 5.32 Å². The van der Waals surface area contributed by atoms with Crippen LogP contribution in [0.25, 0.3) is 0 Å². The van der Waals surface area contributed by atoms with Gasteiger partial charge in [0.25, 0.3) is 0 Å². The van der Waals surface area contributed by atoms with E-state index in [1.54, 1.807) is 6.92 Å². The average Bonchev–Trinajstić information content (AvgIpc) is 2.73. The van der Waals surface area contributed by atoms with Crippen LogP contribution >= 0.6 is 11.8 Å². The van der Waals surface area contributed by atoms with Crippen molar-refractivity contribution in [2.75, 3.05) is 12.4 Å². The lowest BCUT2D eigenvalue weighted by atomic mass is 9.87. The molecular formula is C22H20N2O4S. The van der Waals surface area contributed by atoms with Gasteiger partial charge in [-0.05, 0) is 36.8 Å². The van der Waals surface area contributed by atoms with Crippen molar-refractivity contribution in [3.05, 3.63) is 70.8 Å². The van der Waals surface area contributed by atoms with Gasteiger partial charge in [-0.2, -0.15) is 5.26 Å². The van der Waals surface area contributed by atoms with Gasteiger partial charge < -0.3 is 14.8 Å². The van der Waals surface area contributed by atoms with E-state index in [0.29, 0.717) is 22.1 Å². The number of para-hydroxylation sites is 1. The molecule has 0 saturated heterocycles. The van der Waals surface area contributed by atoms with Crippen LogP contribution in [0.3, 0.4) is 0 Å². The SMILES string of the molecule is CCOC(=O)CSC1=C(C#N)[C@@H](c2cccc(Oc3ccccc3)c2)CC(=O)N1. The van der Waals surface area contributed by atoms with Crippen LogP contribution in [0.4, 0.5) is 0 Å². The molecule has 0 unspecified atom stereocenters. The zero-order valence-corrected chi connectivity index (χ0v) is 16.7. The fourth-order valence-electron chi connectivity index (χ4n) is 2.97. The molecule has 0 radical (unpaired) electrons. The Hall–Kier alpha value is -3.24. The number of esters is 1. The van der Waals surface area contributed by atoms with Gasteiger partial charge in [0.2, 0.25) is 5.91 Å². The van der Waals surface area contributed by atoms with Gasteiger partial charge in [0.1, 0.15) is 11.5 Å². The zero-order valence-electron chi connectivity index (χ0n) is 15.9. The number of carbonyl (C=O) groups is 2. The molecule has 1 N–H and O–H groups in total. The number of nitrogens with one attached hydrogen (secondary N) is 1. The van der Waals surface area contributed by atoms with Gasteiger partial charge in [0, 0.05) is 12.3 Å². The molecule has 1 atom stereocenters. The number of benzene rings is 2. The lowest BCUT2D eigenvalue weighted by molar-refractivity contribution is -0.139. The molecule has 2 aromatic carbocycles. The van der Waals surface area contributed by atoms with Gasteiger partial charge in [-0.15, -0.1) is 0 Å². The Morgan fingerprint density at radius 3 is 2.69 bits per heavy atom. The number of rotatable bonds is 7. The number of thioether (sulfide) groups is 1.